The number of carbonyl (C=O) groups excluding carboxylic acids is 2. The first kappa shape index (κ1) is 29.5. The summed E-state index contributed by atoms with van der Waals surface area (Å²) in [5, 5.41) is 0. The Morgan fingerprint density at radius 2 is 1.36 bits per heavy atom. The number of esters is 2. The third kappa shape index (κ3) is 9.66. The lowest BCUT2D eigenvalue weighted by molar-refractivity contribution is -0.170. The summed E-state index contributed by atoms with van der Waals surface area (Å²) >= 11 is 0. The Kier molecular flexibility index (Phi) is 11.9. The molecule has 0 aromatic carbocycles. The smallest absolute Gasteiger partial charge is 0.333 e. The molecule has 0 aliphatic heterocycles. The van der Waals surface area contributed by atoms with Crippen LogP contribution in [0.4, 0.5) is 0 Å². The molecule has 2 rings (SSSR count). The van der Waals surface area contributed by atoms with Crippen molar-refractivity contribution in [3.8, 4) is 0 Å². The van der Waals surface area contributed by atoms with E-state index in [9.17, 15) is 9.59 Å². The zero-order chi connectivity index (χ0) is 25.1. The highest BCUT2D eigenvalue weighted by molar-refractivity contribution is 5.87. The van der Waals surface area contributed by atoms with E-state index in [1.54, 1.807) is 6.92 Å². The average molecular weight is 463 g/mol. The second-order valence-corrected chi connectivity index (χ2v) is 11.5. The van der Waals surface area contributed by atoms with Gasteiger partial charge in [-0.3, -0.25) is 0 Å². The summed E-state index contributed by atoms with van der Waals surface area (Å²) in [5.74, 6) is -0.0510. The van der Waals surface area contributed by atoms with Gasteiger partial charge in [-0.1, -0.05) is 78.4 Å². The van der Waals surface area contributed by atoms with Crippen LogP contribution in [0, 0.1) is 11.3 Å². The largest absolute Gasteiger partial charge is 0.456 e. The lowest BCUT2D eigenvalue weighted by atomic mass is 9.68. The molecule has 0 aromatic heterocycles. The molecule has 0 radical (unpaired) electrons. The molecule has 0 bridgehead atoms. The first-order valence-corrected chi connectivity index (χ1v) is 13.1. The molecule has 4 nitrogen and oxygen atoms in total. The Labute approximate surface area is 203 Å². The monoisotopic (exact) mass is 462 g/mol. The van der Waals surface area contributed by atoms with E-state index in [1.807, 2.05) is 13.8 Å². The average Bonchev–Trinajstić information content (AvgIpc) is 2.69. The fourth-order valence-electron chi connectivity index (χ4n) is 5.00. The molecule has 4 heteroatoms. The first-order chi connectivity index (χ1) is 15.3. The Morgan fingerprint density at radius 3 is 1.88 bits per heavy atom. The van der Waals surface area contributed by atoms with Crippen molar-refractivity contribution in [3.63, 3.8) is 0 Å². The SMILES string of the molecule is C=C(C)C(=O)OC1(C)CCCCCCC1(C)C.C=CC(=O)OC(C)(C)C1CCCCCCC1. The van der Waals surface area contributed by atoms with Gasteiger partial charge in [0.25, 0.3) is 0 Å². The third-order valence-corrected chi connectivity index (χ3v) is 7.92. The van der Waals surface area contributed by atoms with Crippen molar-refractivity contribution in [1.29, 1.82) is 0 Å². The van der Waals surface area contributed by atoms with Crippen molar-refractivity contribution in [1.82, 2.24) is 0 Å². The summed E-state index contributed by atoms with van der Waals surface area (Å²) in [6.45, 7) is 19.4. The maximum Gasteiger partial charge on any atom is 0.333 e. The van der Waals surface area contributed by atoms with E-state index in [1.165, 1.54) is 70.3 Å². The summed E-state index contributed by atoms with van der Waals surface area (Å²) in [4.78, 5) is 23.1. The van der Waals surface area contributed by atoms with E-state index in [0.717, 1.165) is 19.3 Å². The Balaban J connectivity index is 0.000000331. The molecular formula is C29H50O4. The Bertz CT molecular complexity index is 653. The summed E-state index contributed by atoms with van der Waals surface area (Å²) in [7, 11) is 0. The second-order valence-electron chi connectivity index (χ2n) is 11.5. The predicted octanol–water partition coefficient (Wildman–Crippen LogP) is 8.10. The van der Waals surface area contributed by atoms with Gasteiger partial charge >= 0.3 is 11.9 Å². The van der Waals surface area contributed by atoms with Gasteiger partial charge in [0.2, 0.25) is 0 Å². The highest BCUT2D eigenvalue weighted by Gasteiger charge is 2.44. The van der Waals surface area contributed by atoms with Crippen molar-refractivity contribution in [3.05, 3.63) is 24.8 Å². The van der Waals surface area contributed by atoms with E-state index in [2.05, 4.69) is 33.9 Å². The molecule has 2 aliphatic rings. The molecule has 0 aromatic rings. The number of ether oxygens (including phenoxy) is 2. The molecule has 2 aliphatic carbocycles. The molecule has 0 amide bonds. The van der Waals surface area contributed by atoms with E-state index in [0.29, 0.717) is 11.5 Å². The second kappa shape index (κ2) is 13.3. The van der Waals surface area contributed by atoms with Crippen molar-refractivity contribution in [2.45, 2.75) is 136 Å². The van der Waals surface area contributed by atoms with Crippen LogP contribution in [0.25, 0.3) is 0 Å². The van der Waals surface area contributed by atoms with E-state index in [-0.39, 0.29) is 28.6 Å². The number of carbonyl (C=O) groups is 2. The minimum absolute atomic E-state index is 0.0402. The quantitative estimate of drug-likeness (QED) is 0.306. The Morgan fingerprint density at radius 1 is 0.879 bits per heavy atom. The fourth-order valence-corrected chi connectivity index (χ4v) is 5.00. The van der Waals surface area contributed by atoms with Crippen LogP contribution in [-0.4, -0.2) is 23.1 Å². The van der Waals surface area contributed by atoms with Crippen molar-refractivity contribution < 1.29 is 19.1 Å². The molecule has 33 heavy (non-hydrogen) atoms. The highest BCUT2D eigenvalue weighted by atomic mass is 16.6. The maximum absolute atomic E-state index is 11.8. The normalized spacial score (nSPS) is 24.4. The van der Waals surface area contributed by atoms with Gasteiger partial charge in [0.15, 0.2) is 0 Å². The van der Waals surface area contributed by atoms with Crippen LogP contribution in [0.15, 0.2) is 24.8 Å². The van der Waals surface area contributed by atoms with E-state index < -0.39 is 0 Å². The lowest BCUT2D eigenvalue weighted by Crippen LogP contribution is -2.46. The van der Waals surface area contributed by atoms with Crippen LogP contribution >= 0.6 is 0 Å². The molecule has 2 saturated carbocycles. The molecule has 2 fully saturated rings. The molecule has 0 N–H and O–H groups in total. The minimum Gasteiger partial charge on any atom is -0.456 e. The van der Waals surface area contributed by atoms with Crippen LogP contribution in [0.1, 0.15) is 125 Å². The maximum atomic E-state index is 11.8. The number of hydrogen-bond acceptors (Lipinski definition) is 4. The molecule has 0 spiro atoms. The lowest BCUT2D eigenvalue weighted by Gasteiger charge is -2.45. The van der Waals surface area contributed by atoms with Crippen molar-refractivity contribution in [2.24, 2.45) is 11.3 Å². The molecule has 0 heterocycles. The van der Waals surface area contributed by atoms with Crippen LogP contribution in [-0.2, 0) is 19.1 Å². The van der Waals surface area contributed by atoms with Crippen molar-refractivity contribution in [2.75, 3.05) is 0 Å². The molecule has 1 atom stereocenters. The van der Waals surface area contributed by atoms with Gasteiger partial charge in [0, 0.05) is 17.1 Å². The summed E-state index contributed by atoms with van der Waals surface area (Å²) in [5.41, 5.74) is -0.172. The van der Waals surface area contributed by atoms with Crippen LogP contribution < -0.4 is 0 Å². The molecule has 190 valence electrons. The zero-order valence-electron chi connectivity index (χ0n) is 22.4. The van der Waals surface area contributed by atoms with Gasteiger partial charge in [0.05, 0.1) is 0 Å². The molecule has 1 unspecified atom stereocenters. The molecular weight excluding hydrogens is 412 g/mol. The number of rotatable bonds is 5. The van der Waals surface area contributed by atoms with Crippen LogP contribution in [0.5, 0.6) is 0 Å². The highest BCUT2D eigenvalue weighted by Crippen LogP contribution is 2.44. The van der Waals surface area contributed by atoms with E-state index in [4.69, 9.17) is 9.47 Å². The summed E-state index contributed by atoms with van der Waals surface area (Å²) in [6.07, 6.45) is 17.1. The number of hydrogen-bond donors (Lipinski definition) is 0. The van der Waals surface area contributed by atoms with Gasteiger partial charge in [-0.25, -0.2) is 9.59 Å². The van der Waals surface area contributed by atoms with Gasteiger partial charge in [-0.15, -0.1) is 0 Å². The topological polar surface area (TPSA) is 52.6 Å². The third-order valence-electron chi connectivity index (χ3n) is 7.92. The predicted molar refractivity (Wildman–Crippen MR) is 137 cm³/mol. The Hall–Kier alpha value is -1.58. The van der Waals surface area contributed by atoms with Gasteiger partial charge in [-0.05, 0) is 65.7 Å². The summed E-state index contributed by atoms with van der Waals surface area (Å²) in [6, 6.07) is 0. The standard InChI is InChI=1S/C15H26O2.C14H24O2/c1-12(2)13(16)17-15(5)11-9-7-6-8-10-14(15,3)4;1-4-13(15)16-14(2,3)12-10-8-6-5-7-9-11-12/h1,6-11H2,2-5H3;4,12H,1,5-11H2,2-3H3. The van der Waals surface area contributed by atoms with E-state index >= 15 is 0 Å². The summed E-state index contributed by atoms with van der Waals surface area (Å²) < 4.78 is 11.2. The fraction of sp³-hybridized carbons (Fsp3) is 0.793. The van der Waals surface area contributed by atoms with Gasteiger partial charge in [-0.2, -0.15) is 0 Å². The van der Waals surface area contributed by atoms with Crippen molar-refractivity contribution >= 4 is 11.9 Å². The van der Waals surface area contributed by atoms with Crippen LogP contribution in [0.3, 0.4) is 0 Å². The van der Waals surface area contributed by atoms with Gasteiger partial charge in [0.1, 0.15) is 11.2 Å². The van der Waals surface area contributed by atoms with Gasteiger partial charge < -0.3 is 9.47 Å². The zero-order valence-corrected chi connectivity index (χ0v) is 22.4. The molecule has 0 saturated heterocycles. The minimum atomic E-state index is -0.358. The van der Waals surface area contributed by atoms with Crippen LogP contribution in [0.2, 0.25) is 0 Å². The first-order valence-electron chi connectivity index (χ1n) is 13.1.